The number of likely N-dealkylation sites (tertiary alicyclic amines) is 1. The van der Waals surface area contributed by atoms with Crippen LogP contribution in [0.15, 0.2) is 24.3 Å². The number of ether oxygens (including phenoxy) is 1. The Balaban J connectivity index is 1.74. The van der Waals surface area contributed by atoms with Crippen LogP contribution in [0.3, 0.4) is 0 Å². The Bertz CT molecular complexity index is 454. The molecule has 0 bridgehead atoms. The summed E-state index contributed by atoms with van der Waals surface area (Å²) in [5.41, 5.74) is 2.72. The van der Waals surface area contributed by atoms with E-state index in [9.17, 15) is 4.79 Å². The molecule has 2 rings (SSSR count). The molecule has 0 spiro atoms. The fourth-order valence-electron chi connectivity index (χ4n) is 2.70. The molecule has 116 valence electrons. The van der Waals surface area contributed by atoms with Crippen LogP contribution >= 0.6 is 0 Å². The minimum atomic E-state index is -0.174. The van der Waals surface area contributed by atoms with Gasteiger partial charge in [0.1, 0.15) is 0 Å². The van der Waals surface area contributed by atoms with Gasteiger partial charge in [0.2, 0.25) is 0 Å². The number of nitrogens with one attached hydrogen (secondary N) is 1. The predicted octanol–water partition coefficient (Wildman–Crippen LogP) is 2.96. The van der Waals surface area contributed by atoms with Crippen molar-refractivity contribution >= 4 is 6.09 Å². The number of benzene rings is 1. The van der Waals surface area contributed by atoms with Crippen LogP contribution in [0.5, 0.6) is 0 Å². The first-order valence-corrected chi connectivity index (χ1v) is 7.95. The number of amides is 1. The van der Waals surface area contributed by atoms with Gasteiger partial charge in [0.15, 0.2) is 0 Å². The van der Waals surface area contributed by atoms with Crippen molar-refractivity contribution in [1.29, 1.82) is 0 Å². The largest absolute Gasteiger partial charge is 0.450 e. The van der Waals surface area contributed by atoms with E-state index < -0.39 is 0 Å². The van der Waals surface area contributed by atoms with Crippen molar-refractivity contribution in [2.75, 3.05) is 19.7 Å². The number of piperidine rings is 1. The van der Waals surface area contributed by atoms with Gasteiger partial charge in [-0.2, -0.15) is 0 Å². The van der Waals surface area contributed by atoms with Crippen molar-refractivity contribution in [2.45, 2.75) is 45.7 Å². The van der Waals surface area contributed by atoms with E-state index >= 15 is 0 Å². The zero-order valence-electron chi connectivity index (χ0n) is 13.1. The van der Waals surface area contributed by atoms with Crippen LogP contribution in [-0.4, -0.2) is 36.7 Å². The predicted molar refractivity (Wildman–Crippen MR) is 84.3 cm³/mol. The monoisotopic (exact) mass is 290 g/mol. The van der Waals surface area contributed by atoms with E-state index in [1.54, 1.807) is 4.90 Å². The molecule has 4 nitrogen and oxygen atoms in total. The highest BCUT2D eigenvalue weighted by Gasteiger charge is 2.22. The number of rotatable bonds is 5. The van der Waals surface area contributed by atoms with Gasteiger partial charge in [0.25, 0.3) is 0 Å². The molecule has 4 heteroatoms. The second-order valence-corrected chi connectivity index (χ2v) is 5.51. The zero-order valence-corrected chi connectivity index (χ0v) is 13.1. The molecule has 1 aromatic carbocycles. The summed E-state index contributed by atoms with van der Waals surface area (Å²) in [4.78, 5) is 13.4. The van der Waals surface area contributed by atoms with Gasteiger partial charge in [0, 0.05) is 25.7 Å². The van der Waals surface area contributed by atoms with Crippen LogP contribution in [-0.2, 0) is 17.7 Å². The van der Waals surface area contributed by atoms with Crippen LogP contribution in [0.25, 0.3) is 0 Å². The molecule has 0 radical (unpaired) electrons. The summed E-state index contributed by atoms with van der Waals surface area (Å²) < 4.78 is 5.04. The molecule has 1 aromatic rings. The third kappa shape index (κ3) is 4.74. The standard InChI is InChI=1S/C17H26N2O2/c1-3-14-6-5-7-15(12-14)13-18-16-8-10-19(11-9-16)17(20)21-4-2/h5-7,12,16,18H,3-4,8-11,13H2,1-2H3. The van der Waals surface area contributed by atoms with Crippen LogP contribution in [0.4, 0.5) is 4.79 Å². The SMILES string of the molecule is CCOC(=O)N1CCC(NCc2cccc(CC)c2)CC1. The first kappa shape index (κ1) is 15.8. The van der Waals surface area contributed by atoms with Gasteiger partial charge in [-0.1, -0.05) is 31.2 Å². The minimum Gasteiger partial charge on any atom is -0.450 e. The molecule has 1 aliphatic rings. The Morgan fingerprint density at radius 1 is 1.29 bits per heavy atom. The highest BCUT2D eigenvalue weighted by molar-refractivity contribution is 5.67. The molecule has 0 saturated carbocycles. The van der Waals surface area contributed by atoms with E-state index in [0.29, 0.717) is 12.6 Å². The number of hydrogen-bond donors (Lipinski definition) is 1. The average molecular weight is 290 g/mol. The van der Waals surface area contributed by atoms with E-state index in [1.807, 2.05) is 6.92 Å². The molecule has 1 aliphatic heterocycles. The van der Waals surface area contributed by atoms with E-state index in [2.05, 4.69) is 36.5 Å². The topological polar surface area (TPSA) is 41.6 Å². The second-order valence-electron chi connectivity index (χ2n) is 5.51. The van der Waals surface area contributed by atoms with E-state index in [4.69, 9.17) is 4.74 Å². The molecular weight excluding hydrogens is 264 g/mol. The lowest BCUT2D eigenvalue weighted by atomic mass is 10.0. The van der Waals surface area contributed by atoms with Gasteiger partial charge < -0.3 is 15.0 Å². The van der Waals surface area contributed by atoms with Gasteiger partial charge >= 0.3 is 6.09 Å². The van der Waals surface area contributed by atoms with Crippen LogP contribution in [0.1, 0.15) is 37.8 Å². The molecule has 21 heavy (non-hydrogen) atoms. The first-order chi connectivity index (χ1) is 10.2. The van der Waals surface area contributed by atoms with Crippen molar-refractivity contribution in [1.82, 2.24) is 10.2 Å². The number of hydrogen-bond acceptors (Lipinski definition) is 3. The maximum Gasteiger partial charge on any atom is 0.409 e. The van der Waals surface area contributed by atoms with Crippen molar-refractivity contribution in [3.8, 4) is 0 Å². The molecule has 1 fully saturated rings. The second kappa shape index (κ2) is 8.03. The van der Waals surface area contributed by atoms with Crippen LogP contribution in [0, 0.1) is 0 Å². The Labute approximate surface area is 127 Å². The summed E-state index contributed by atoms with van der Waals surface area (Å²) in [7, 11) is 0. The molecule has 0 aromatic heterocycles. The summed E-state index contributed by atoms with van der Waals surface area (Å²) in [5, 5.41) is 3.60. The van der Waals surface area contributed by atoms with Crippen LogP contribution < -0.4 is 5.32 Å². The number of carbonyl (C=O) groups is 1. The molecule has 1 amide bonds. The maximum absolute atomic E-state index is 11.6. The smallest absolute Gasteiger partial charge is 0.409 e. The number of carbonyl (C=O) groups excluding carboxylic acids is 1. The Morgan fingerprint density at radius 2 is 2.00 bits per heavy atom. The summed E-state index contributed by atoms with van der Waals surface area (Å²) >= 11 is 0. The van der Waals surface area contributed by atoms with E-state index in [1.165, 1.54) is 11.1 Å². The van der Waals surface area contributed by atoms with E-state index in [0.717, 1.165) is 38.9 Å². The Kier molecular flexibility index (Phi) is 6.05. The van der Waals surface area contributed by atoms with Gasteiger partial charge in [-0.15, -0.1) is 0 Å². The quantitative estimate of drug-likeness (QED) is 0.906. The third-order valence-corrected chi connectivity index (χ3v) is 4.02. The highest BCUT2D eigenvalue weighted by Crippen LogP contribution is 2.13. The summed E-state index contributed by atoms with van der Waals surface area (Å²) in [6, 6.07) is 9.21. The van der Waals surface area contributed by atoms with Gasteiger partial charge in [-0.05, 0) is 37.3 Å². The van der Waals surface area contributed by atoms with Crippen molar-refractivity contribution in [3.63, 3.8) is 0 Å². The van der Waals surface area contributed by atoms with Gasteiger partial charge in [0.05, 0.1) is 6.61 Å². The first-order valence-electron chi connectivity index (χ1n) is 7.95. The summed E-state index contributed by atoms with van der Waals surface area (Å²) in [5.74, 6) is 0. The zero-order chi connectivity index (χ0) is 15.1. The molecular formula is C17H26N2O2. The Hall–Kier alpha value is -1.55. The maximum atomic E-state index is 11.6. The van der Waals surface area contributed by atoms with Gasteiger partial charge in [-0.3, -0.25) is 0 Å². The molecule has 0 unspecified atom stereocenters. The lowest BCUT2D eigenvalue weighted by molar-refractivity contribution is 0.0950. The van der Waals surface area contributed by atoms with Crippen LogP contribution in [0.2, 0.25) is 0 Å². The van der Waals surface area contributed by atoms with Crippen molar-refractivity contribution in [3.05, 3.63) is 35.4 Å². The van der Waals surface area contributed by atoms with Gasteiger partial charge in [-0.25, -0.2) is 4.79 Å². The Morgan fingerprint density at radius 3 is 2.67 bits per heavy atom. The molecule has 0 atom stereocenters. The summed E-state index contributed by atoms with van der Waals surface area (Å²) in [6.07, 6.45) is 2.89. The van der Waals surface area contributed by atoms with Crippen molar-refractivity contribution in [2.24, 2.45) is 0 Å². The number of nitrogens with zero attached hydrogens (tertiary/aromatic N) is 1. The fraction of sp³-hybridized carbons (Fsp3) is 0.588. The third-order valence-electron chi connectivity index (χ3n) is 4.02. The number of aryl methyl sites for hydroxylation is 1. The minimum absolute atomic E-state index is 0.174. The average Bonchev–Trinajstić information content (AvgIpc) is 2.54. The molecule has 0 aliphatic carbocycles. The summed E-state index contributed by atoms with van der Waals surface area (Å²) in [6.45, 7) is 6.94. The fourth-order valence-corrected chi connectivity index (χ4v) is 2.70. The van der Waals surface area contributed by atoms with E-state index in [-0.39, 0.29) is 6.09 Å². The molecule has 1 N–H and O–H groups in total. The lowest BCUT2D eigenvalue weighted by Crippen LogP contribution is -2.44. The lowest BCUT2D eigenvalue weighted by Gasteiger charge is -2.31. The van der Waals surface area contributed by atoms with Crippen molar-refractivity contribution < 1.29 is 9.53 Å². The molecule has 1 heterocycles. The normalized spacial score (nSPS) is 16.0. The highest BCUT2D eigenvalue weighted by atomic mass is 16.6. The molecule has 1 saturated heterocycles.